The molecule has 574 valence electrons. The normalized spacial score (nSPS) is 11.7. The Morgan fingerprint density at radius 1 is 0.283 bits per heavy atom. The molecule has 0 heterocycles. The highest BCUT2D eigenvalue weighted by molar-refractivity contribution is 5.91. The summed E-state index contributed by atoms with van der Waals surface area (Å²) in [6.07, 6.45) is 40.8. The number of ether oxygens (including phenoxy) is 7. The number of benzene rings is 6. The average molecular weight is 1450 g/mol. The van der Waals surface area contributed by atoms with Crippen molar-refractivity contribution in [2.24, 2.45) is 36.6 Å². The van der Waals surface area contributed by atoms with Crippen molar-refractivity contribution in [3.05, 3.63) is 174 Å². The molecule has 0 amide bonds. The van der Waals surface area contributed by atoms with Gasteiger partial charge in [0.05, 0.1) is 97.1 Å². The molecule has 0 aliphatic rings. The number of esters is 4. The monoisotopic (exact) mass is 1450 g/mol. The molecule has 6 aromatic rings. The molecular weight excluding hydrogens is 1330 g/mol. The van der Waals surface area contributed by atoms with E-state index < -0.39 is 0 Å². The summed E-state index contributed by atoms with van der Waals surface area (Å²) in [7, 11) is 0. The lowest BCUT2D eigenvalue weighted by atomic mass is 9.95. The lowest BCUT2D eigenvalue weighted by molar-refractivity contribution is -0.139. The lowest BCUT2D eigenvalue weighted by Gasteiger charge is -2.17. The quantitative estimate of drug-likeness (QED) is 0.0115. The average Bonchev–Trinajstić information content (AvgIpc) is 0.891. The summed E-state index contributed by atoms with van der Waals surface area (Å²) in [6, 6.07) is 43.9. The highest BCUT2D eigenvalue weighted by Crippen LogP contribution is 2.28. The number of hydrogen-bond donors (Lipinski definition) is 0. The molecule has 0 spiro atoms. The van der Waals surface area contributed by atoms with Crippen molar-refractivity contribution in [3.8, 4) is 17.2 Å². The molecule has 1 atom stereocenters. The van der Waals surface area contributed by atoms with Gasteiger partial charge < -0.3 is 33.2 Å². The Labute approximate surface area is 633 Å². The standard InChI is InChI=1S/C89H122N6O11/c1-5-7-9-11-24-32-40-73(39-31-10-8-6-2)71-106-89(99)76-45-51-79(52-46-76)92-95-82-57-63-85(64-58-82)102-67-35-27-20-14-17-23-30-38-70-105-88(98)75-43-49-78(50-44-75)91-94-81-55-61-84(62-56-81)101-66-34-26-19-13-16-22-29-37-69-104-87(97)74-41-47-77(48-42-74)90-93-80-53-59-83(60-54-80)100-65-33-25-18-12-15-21-28-36-68-103-86(96)72(3)4/h41-64,73H,3,5-40,65-71H2,1-2,4H3. The van der Waals surface area contributed by atoms with Gasteiger partial charge in [-0.25, -0.2) is 19.2 Å². The minimum Gasteiger partial charge on any atom is -0.494 e. The van der Waals surface area contributed by atoms with E-state index in [1.807, 2.05) is 72.8 Å². The maximum Gasteiger partial charge on any atom is 0.338 e. The summed E-state index contributed by atoms with van der Waals surface area (Å²) < 4.78 is 40.0. The van der Waals surface area contributed by atoms with Crippen molar-refractivity contribution in [2.45, 2.75) is 252 Å². The van der Waals surface area contributed by atoms with Gasteiger partial charge in [-0.1, -0.05) is 200 Å². The smallest absolute Gasteiger partial charge is 0.338 e. The van der Waals surface area contributed by atoms with E-state index in [2.05, 4.69) is 51.1 Å². The van der Waals surface area contributed by atoms with E-state index in [9.17, 15) is 19.2 Å². The number of nitrogens with zero attached hydrogens (tertiary/aromatic N) is 6. The van der Waals surface area contributed by atoms with E-state index in [0.29, 0.717) is 103 Å². The SMILES string of the molecule is C=C(C)C(=O)OCCCCCCCCCCOc1ccc(N=Nc2ccc(C(=O)OCCCCCCCCCCOc3ccc(N=Nc4ccc(C(=O)OCCCCCCCCCCOc5ccc(N=Nc6ccc(C(=O)OCC(CCCCCC)CCCCCCCC)cc6)cc5)cc4)cc3)cc2)cc1. The van der Waals surface area contributed by atoms with Crippen molar-refractivity contribution in [1.29, 1.82) is 0 Å². The van der Waals surface area contributed by atoms with Crippen LogP contribution < -0.4 is 14.2 Å². The molecule has 0 aromatic heterocycles. The molecule has 6 aromatic carbocycles. The number of hydrogen-bond acceptors (Lipinski definition) is 17. The first-order valence-corrected chi connectivity index (χ1v) is 40.1. The molecule has 0 aliphatic carbocycles. The van der Waals surface area contributed by atoms with E-state index >= 15 is 0 Å². The number of rotatable bonds is 60. The maximum absolute atomic E-state index is 13.0. The summed E-state index contributed by atoms with van der Waals surface area (Å²) in [6.45, 7) is 13.5. The van der Waals surface area contributed by atoms with Gasteiger partial charge in [0.25, 0.3) is 0 Å². The number of carbonyl (C=O) groups is 4. The van der Waals surface area contributed by atoms with Crippen LogP contribution in [0, 0.1) is 5.92 Å². The van der Waals surface area contributed by atoms with Crippen LogP contribution in [0.5, 0.6) is 17.2 Å². The summed E-state index contributed by atoms with van der Waals surface area (Å²) in [5.41, 5.74) is 6.07. The molecule has 17 nitrogen and oxygen atoms in total. The van der Waals surface area contributed by atoms with Crippen LogP contribution in [0.4, 0.5) is 34.1 Å². The van der Waals surface area contributed by atoms with Crippen molar-refractivity contribution in [1.82, 2.24) is 0 Å². The van der Waals surface area contributed by atoms with Crippen molar-refractivity contribution in [3.63, 3.8) is 0 Å². The summed E-state index contributed by atoms with van der Waals surface area (Å²) in [5.74, 6) is 1.59. The van der Waals surface area contributed by atoms with Gasteiger partial charge in [0.15, 0.2) is 0 Å². The second kappa shape index (κ2) is 55.6. The summed E-state index contributed by atoms with van der Waals surface area (Å²) in [5, 5.41) is 26.2. The first kappa shape index (κ1) is 86.1. The number of azo groups is 3. The first-order chi connectivity index (χ1) is 52.0. The third-order valence-corrected chi connectivity index (χ3v) is 18.5. The van der Waals surface area contributed by atoms with Crippen LogP contribution in [-0.2, 0) is 23.7 Å². The van der Waals surface area contributed by atoms with E-state index in [0.717, 1.165) is 158 Å². The molecule has 6 rings (SSSR count). The van der Waals surface area contributed by atoms with Crippen LogP contribution in [0.2, 0.25) is 0 Å². The molecule has 0 saturated heterocycles. The zero-order valence-electron chi connectivity index (χ0n) is 64.2. The predicted molar refractivity (Wildman–Crippen MR) is 425 cm³/mol. The minimum atomic E-state index is -0.333. The fourth-order valence-electron chi connectivity index (χ4n) is 12.0. The molecule has 0 fully saturated rings. The zero-order valence-corrected chi connectivity index (χ0v) is 64.2. The van der Waals surface area contributed by atoms with Crippen molar-refractivity contribution in [2.75, 3.05) is 46.2 Å². The van der Waals surface area contributed by atoms with Crippen LogP contribution >= 0.6 is 0 Å². The molecule has 0 radical (unpaired) electrons. The predicted octanol–water partition coefficient (Wildman–Crippen LogP) is 26.8. The topological polar surface area (TPSA) is 207 Å². The Kier molecular flexibility index (Phi) is 45.1. The van der Waals surface area contributed by atoms with Gasteiger partial charge in [0.2, 0.25) is 0 Å². The van der Waals surface area contributed by atoms with Crippen LogP contribution in [0.3, 0.4) is 0 Å². The Morgan fingerprint density at radius 2 is 0.509 bits per heavy atom. The molecule has 0 bridgehead atoms. The molecule has 106 heavy (non-hydrogen) atoms. The molecular formula is C89H122N6O11. The van der Waals surface area contributed by atoms with Gasteiger partial charge in [-0.05, 0) is 210 Å². The van der Waals surface area contributed by atoms with Crippen molar-refractivity contribution >= 4 is 58.0 Å². The third kappa shape index (κ3) is 39.5. The maximum atomic E-state index is 13.0. The van der Waals surface area contributed by atoms with Crippen LogP contribution in [0.25, 0.3) is 0 Å². The minimum absolute atomic E-state index is 0.277. The van der Waals surface area contributed by atoms with Gasteiger partial charge in [-0.15, -0.1) is 0 Å². The number of unbranched alkanes of at least 4 members (excludes halogenated alkanes) is 29. The lowest BCUT2D eigenvalue weighted by Crippen LogP contribution is -2.15. The van der Waals surface area contributed by atoms with Crippen molar-refractivity contribution < 1.29 is 52.3 Å². The Hall–Kier alpha value is -8.86. The molecule has 0 N–H and O–H groups in total. The number of carbonyl (C=O) groups excluding carboxylic acids is 4. The fourth-order valence-corrected chi connectivity index (χ4v) is 12.0. The summed E-state index contributed by atoms with van der Waals surface area (Å²) in [4.78, 5) is 49.7. The van der Waals surface area contributed by atoms with E-state index in [1.165, 1.54) is 96.3 Å². The van der Waals surface area contributed by atoms with Gasteiger partial charge in [0.1, 0.15) is 17.2 Å². The van der Waals surface area contributed by atoms with Gasteiger partial charge in [0, 0.05) is 5.57 Å². The molecule has 0 aliphatic heterocycles. The second-order valence-corrected chi connectivity index (χ2v) is 27.8. The molecule has 0 saturated carbocycles. The van der Waals surface area contributed by atoms with Gasteiger partial charge in [-0.3, -0.25) is 0 Å². The summed E-state index contributed by atoms with van der Waals surface area (Å²) >= 11 is 0. The van der Waals surface area contributed by atoms with E-state index in [-0.39, 0.29) is 23.9 Å². The Balaban J connectivity index is 0.689. The Morgan fingerprint density at radius 3 is 0.792 bits per heavy atom. The van der Waals surface area contributed by atoms with Gasteiger partial charge >= 0.3 is 23.9 Å². The highest BCUT2D eigenvalue weighted by Gasteiger charge is 2.15. The molecule has 17 heteroatoms. The van der Waals surface area contributed by atoms with E-state index in [4.69, 9.17) is 33.2 Å². The first-order valence-electron chi connectivity index (χ1n) is 40.1. The van der Waals surface area contributed by atoms with Gasteiger partial charge in [-0.2, -0.15) is 30.7 Å². The van der Waals surface area contributed by atoms with Crippen LogP contribution in [0.1, 0.15) is 283 Å². The molecule has 1 unspecified atom stereocenters. The largest absolute Gasteiger partial charge is 0.494 e. The zero-order chi connectivity index (χ0) is 75.0. The second-order valence-electron chi connectivity index (χ2n) is 27.8. The Bertz CT molecular complexity index is 3430. The van der Waals surface area contributed by atoms with Crippen LogP contribution in [0.15, 0.2) is 188 Å². The van der Waals surface area contributed by atoms with Crippen LogP contribution in [-0.4, -0.2) is 70.1 Å². The highest BCUT2D eigenvalue weighted by atomic mass is 16.5. The fraction of sp³-hybridized carbons (Fsp3) is 0.528. The third-order valence-electron chi connectivity index (χ3n) is 18.5. The van der Waals surface area contributed by atoms with E-state index in [1.54, 1.807) is 79.7 Å².